The predicted molar refractivity (Wildman–Crippen MR) is 78.6 cm³/mol. The number of nitrogens with one attached hydrogen (secondary N) is 1. The Morgan fingerprint density at radius 3 is 2.42 bits per heavy atom. The van der Waals surface area contributed by atoms with Crippen LogP contribution in [0.15, 0.2) is 0 Å². The first-order valence-electron chi connectivity index (χ1n) is 7.78. The third kappa shape index (κ3) is 3.50. The normalized spacial score (nSPS) is 31.5. The minimum Gasteiger partial charge on any atom is -0.314 e. The first-order valence-corrected chi connectivity index (χ1v) is 9.28. The highest BCUT2D eigenvalue weighted by Gasteiger charge is 2.37. The topological polar surface area (TPSA) is 49.4 Å². The third-order valence-corrected chi connectivity index (χ3v) is 7.03. The lowest BCUT2D eigenvalue weighted by atomic mass is 9.95. The standard InChI is InChI=1S/C14H28N2O2S/c1-3-15-14-9-10-16(11-12(14)2)19(17,18)13-7-5-4-6-8-13/h12-15H,3-11H2,1-2H3. The minimum atomic E-state index is -3.05. The fraction of sp³-hybridized carbons (Fsp3) is 1.00. The van der Waals surface area contributed by atoms with Crippen molar-refractivity contribution < 1.29 is 8.42 Å². The highest BCUT2D eigenvalue weighted by atomic mass is 32.2. The van der Waals surface area contributed by atoms with Crippen molar-refractivity contribution in [3.8, 4) is 0 Å². The largest absolute Gasteiger partial charge is 0.314 e. The van der Waals surface area contributed by atoms with Crippen LogP contribution in [0, 0.1) is 5.92 Å². The summed E-state index contributed by atoms with van der Waals surface area (Å²) in [5.74, 6) is 0.409. The van der Waals surface area contributed by atoms with Crippen LogP contribution in [-0.2, 0) is 10.0 Å². The van der Waals surface area contributed by atoms with Gasteiger partial charge in [-0.2, -0.15) is 0 Å². The monoisotopic (exact) mass is 288 g/mol. The number of hydrogen-bond donors (Lipinski definition) is 1. The minimum absolute atomic E-state index is 0.107. The van der Waals surface area contributed by atoms with Crippen LogP contribution in [0.4, 0.5) is 0 Å². The van der Waals surface area contributed by atoms with Crippen molar-refractivity contribution in [1.29, 1.82) is 0 Å². The second kappa shape index (κ2) is 6.55. The first-order chi connectivity index (χ1) is 9.05. The lowest BCUT2D eigenvalue weighted by Gasteiger charge is -2.38. The van der Waals surface area contributed by atoms with E-state index >= 15 is 0 Å². The molecule has 0 spiro atoms. The molecule has 0 aromatic carbocycles. The van der Waals surface area contributed by atoms with Crippen molar-refractivity contribution in [3.05, 3.63) is 0 Å². The Morgan fingerprint density at radius 1 is 1.16 bits per heavy atom. The molecule has 0 radical (unpaired) electrons. The summed E-state index contributed by atoms with van der Waals surface area (Å²) in [7, 11) is -3.05. The van der Waals surface area contributed by atoms with Gasteiger partial charge < -0.3 is 5.32 Å². The summed E-state index contributed by atoms with van der Waals surface area (Å²) in [6, 6.07) is 0.475. The second-order valence-corrected chi connectivity index (χ2v) is 8.31. The van der Waals surface area contributed by atoms with E-state index in [0.717, 1.165) is 38.6 Å². The molecule has 5 heteroatoms. The Kier molecular flexibility index (Phi) is 5.26. The second-order valence-electron chi connectivity index (χ2n) is 6.09. The van der Waals surface area contributed by atoms with E-state index in [9.17, 15) is 8.42 Å². The van der Waals surface area contributed by atoms with Gasteiger partial charge in [-0.25, -0.2) is 12.7 Å². The summed E-state index contributed by atoms with van der Waals surface area (Å²) < 4.78 is 27.1. The van der Waals surface area contributed by atoms with E-state index in [1.54, 1.807) is 4.31 Å². The SMILES string of the molecule is CCNC1CCN(S(=O)(=O)C2CCCCC2)CC1C. The molecule has 1 saturated carbocycles. The first kappa shape index (κ1) is 15.3. The molecule has 2 rings (SSSR count). The Morgan fingerprint density at radius 2 is 1.84 bits per heavy atom. The average molecular weight is 288 g/mol. The highest BCUT2D eigenvalue weighted by Crippen LogP contribution is 2.29. The maximum absolute atomic E-state index is 12.7. The molecule has 1 N–H and O–H groups in total. The fourth-order valence-electron chi connectivity index (χ4n) is 3.48. The van der Waals surface area contributed by atoms with Gasteiger partial charge in [-0.05, 0) is 31.7 Å². The van der Waals surface area contributed by atoms with Gasteiger partial charge in [0.2, 0.25) is 10.0 Å². The molecule has 1 heterocycles. The van der Waals surface area contributed by atoms with Gasteiger partial charge >= 0.3 is 0 Å². The molecule has 2 fully saturated rings. The molecule has 19 heavy (non-hydrogen) atoms. The summed E-state index contributed by atoms with van der Waals surface area (Å²) in [4.78, 5) is 0. The zero-order valence-electron chi connectivity index (χ0n) is 12.3. The van der Waals surface area contributed by atoms with Gasteiger partial charge in [0.25, 0.3) is 0 Å². The number of nitrogens with zero attached hydrogens (tertiary/aromatic N) is 1. The van der Waals surface area contributed by atoms with Crippen molar-refractivity contribution in [2.45, 2.75) is 63.7 Å². The average Bonchev–Trinajstić information content (AvgIpc) is 2.42. The van der Waals surface area contributed by atoms with Crippen LogP contribution in [0.1, 0.15) is 52.4 Å². The Hall–Kier alpha value is -0.130. The van der Waals surface area contributed by atoms with Crippen LogP contribution in [-0.4, -0.2) is 43.6 Å². The molecule has 0 aromatic heterocycles. The molecule has 2 unspecified atom stereocenters. The van der Waals surface area contributed by atoms with Crippen LogP contribution >= 0.6 is 0 Å². The van der Waals surface area contributed by atoms with Gasteiger partial charge in [0.1, 0.15) is 0 Å². The van der Waals surface area contributed by atoms with Gasteiger partial charge in [-0.3, -0.25) is 0 Å². The lowest BCUT2D eigenvalue weighted by molar-refractivity contribution is 0.219. The van der Waals surface area contributed by atoms with E-state index in [0.29, 0.717) is 25.0 Å². The van der Waals surface area contributed by atoms with E-state index in [4.69, 9.17) is 0 Å². The van der Waals surface area contributed by atoms with Crippen LogP contribution in [0.3, 0.4) is 0 Å². The van der Waals surface area contributed by atoms with Crippen LogP contribution in [0.25, 0.3) is 0 Å². The maximum atomic E-state index is 12.7. The van der Waals surface area contributed by atoms with Crippen molar-refractivity contribution in [2.75, 3.05) is 19.6 Å². The van der Waals surface area contributed by atoms with Crippen LogP contribution in [0.2, 0.25) is 0 Å². The molecular weight excluding hydrogens is 260 g/mol. The van der Waals surface area contributed by atoms with Gasteiger partial charge in [-0.15, -0.1) is 0 Å². The predicted octanol–water partition coefficient (Wildman–Crippen LogP) is 1.97. The number of rotatable bonds is 4. The van der Waals surface area contributed by atoms with Crippen LogP contribution in [0.5, 0.6) is 0 Å². The van der Waals surface area contributed by atoms with Crippen LogP contribution < -0.4 is 5.32 Å². The fourth-order valence-corrected chi connectivity index (χ4v) is 5.63. The zero-order valence-corrected chi connectivity index (χ0v) is 13.1. The molecule has 112 valence electrons. The van der Waals surface area contributed by atoms with Gasteiger partial charge in [-0.1, -0.05) is 33.1 Å². The Balaban J connectivity index is 1.98. The smallest absolute Gasteiger partial charge is 0.216 e. The zero-order chi connectivity index (χ0) is 13.9. The van der Waals surface area contributed by atoms with E-state index in [1.807, 2.05) is 0 Å². The summed E-state index contributed by atoms with van der Waals surface area (Å²) in [6.45, 7) is 6.62. The molecule has 2 atom stereocenters. The summed E-state index contributed by atoms with van der Waals surface area (Å²) in [5, 5.41) is 3.36. The van der Waals surface area contributed by atoms with Crippen molar-refractivity contribution in [1.82, 2.24) is 9.62 Å². The molecule has 1 aliphatic carbocycles. The molecule has 1 aliphatic heterocycles. The van der Waals surface area contributed by atoms with E-state index in [2.05, 4.69) is 19.2 Å². The molecule has 2 aliphatic rings. The summed E-state index contributed by atoms with van der Waals surface area (Å²) in [6.07, 6.45) is 6.03. The van der Waals surface area contributed by atoms with Crippen molar-refractivity contribution in [3.63, 3.8) is 0 Å². The maximum Gasteiger partial charge on any atom is 0.216 e. The molecular formula is C14H28N2O2S. The van der Waals surface area contributed by atoms with Crippen molar-refractivity contribution in [2.24, 2.45) is 5.92 Å². The van der Waals surface area contributed by atoms with Gasteiger partial charge in [0.05, 0.1) is 5.25 Å². The van der Waals surface area contributed by atoms with Gasteiger partial charge in [0.15, 0.2) is 0 Å². The number of sulfonamides is 1. The molecule has 4 nitrogen and oxygen atoms in total. The number of hydrogen-bond acceptors (Lipinski definition) is 3. The molecule has 0 amide bonds. The Bertz CT molecular complexity index is 377. The molecule has 1 saturated heterocycles. The van der Waals surface area contributed by atoms with Crippen molar-refractivity contribution >= 4 is 10.0 Å². The lowest BCUT2D eigenvalue weighted by Crippen LogP contribution is -2.52. The quantitative estimate of drug-likeness (QED) is 0.860. The molecule has 0 bridgehead atoms. The Labute approximate surface area is 118 Å². The number of piperidine rings is 1. The van der Waals surface area contributed by atoms with E-state index in [-0.39, 0.29) is 5.25 Å². The molecule has 0 aromatic rings. The summed E-state index contributed by atoms with van der Waals surface area (Å²) >= 11 is 0. The third-order valence-electron chi connectivity index (χ3n) is 4.67. The van der Waals surface area contributed by atoms with Gasteiger partial charge in [0, 0.05) is 19.1 Å². The highest BCUT2D eigenvalue weighted by molar-refractivity contribution is 7.89. The van der Waals surface area contributed by atoms with E-state index in [1.165, 1.54) is 6.42 Å². The summed E-state index contributed by atoms with van der Waals surface area (Å²) in [5.41, 5.74) is 0. The van der Waals surface area contributed by atoms with E-state index < -0.39 is 10.0 Å².